The molecule has 1 atom stereocenters. The lowest BCUT2D eigenvalue weighted by molar-refractivity contribution is 0.641. The van der Waals surface area contributed by atoms with Crippen LogP contribution in [0.15, 0.2) is 17.0 Å². The molecule has 2 aromatic heterocycles. The minimum Gasteiger partial charge on any atom is -0.271 e. The van der Waals surface area contributed by atoms with Crippen molar-refractivity contribution < 1.29 is 0 Å². The van der Waals surface area contributed by atoms with Gasteiger partial charge in [0.25, 0.3) is 0 Å². The molecule has 0 radical (unpaired) electrons. The van der Waals surface area contributed by atoms with Crippen LogP contribution in [0.5, 0.6) is 0 Å². The maximum Gasteiger partial charge on any atom is 0.0831 e. The van der Waals surface area contributed by atoms with Crippen LogP contribution >= 0.6 is 22.7 Å². The summed E-state index contributed by atoms with van der Waals surface area (Å²) in [5.41, 5.74) is 7.02. The maximum absolute atomic E-state index is 5.63. The zero-order valence-electron chi connectivity index (χ0n) is 8.65. The molecule has 5 heteroatoms. The van der Waals surface area contributed by atoms with Crippen molar-refractivity contribution in [1.82, 2.24) is 10.4 Å². The lowest BCUT2D eigenvalue weighted by Gasteiger charge is -2.14. The van der Waals surface area contributed by atoms with E-state index in [4.69, 9.17) is 5.84 Å². The Bertz CT molecular complexity index is 407. The second-order valence-corrected chi connectivity index (χ2v) is 5.34. The number of hydrogen-bond acceptors (Lipinski definition) is 5. The van der Waals surface area contributed by atoms with Crippen LogP contribution in [-0.2, 0) is 0 Å². The Morgan fingerprint density at radius 3 is 2.67 bits per heavy atom. The number of nitrogens with zero attached hydrogens (tertiary/aromatic N) is 1. The molecule has 0 spiro atoms. The highest BCUT2D eigenvalue weighted by Crippen LogP contribution is 2.31. The van der Waals surface area contributed by atoms with Crippen LogP contribution in [0.3, 0.4) is 0 Å². The summed E-state index contributed by atoms with van der Waals surface area (Å²) in [7, 11) is 0. The molecule has 3 N–H and O–H groups in total. The van der Waals surface area contributed by atoms with Crippen molar-refractivity contribution in [2.45, 2.75) is 19.9 Å². The highest BCUT2D eigenvalue weighted by atomic mass is 32.1. The van der Waals surface area contributed by atoms with Crippen molar-refractivity contribution in [3.63, 3.8) is 0 Å². The van der Waals surface area contributed by atoms with E-state index < -0.39 is 0 Å². The topological polar surface area (TPSA) is 50.9 Å². The lowest BCUT2D eigenvalue weighted by Crippen LogP contribution is -2.28. The van der Waals surface area contributed by atoms with Gasteiger partial charge in [0, 0.05) is 4.88 Å². The van der Waals surface area contributed by atoms with Gasteiger partial charge in [-0.05, 0) is 30.9 Å². The van der Waals surface area contributed by atoms with Gasteiger partial charge in [0.05, 0.1) is 22.1 Å². The minimum absolute atomic E-state index is 0.0729. The van der Waals surface area contributed by atoms with E-state index in [2.05, 4.69) is 28.8 Å². The van der Waals surface area contributed by atoms with Gasteiger partial charge < -0.3 is 0 Å². The van der Waals surface area contributed by atoms with E-state index in [9.17, 15) is 0 Å². The average Bonchev–Trinajstić information content (AvgIpc) is 2.80. The highest BCUT2D eigenvalue weighted by molar-refractivity contribution is 7.10. The molecule has 2 aromatic rings. The number of nitrogens with two attached hydrogens (primary N) is 1. The second kappa shape index (κ2) is 4.40. The van der Waals surface area contributed by atoms with Gasteiger partial charge in [-0.1, -0.05) is 0 Å². The number of aryl methyl sites for hydroxylation is 2. The summed E-state index contributed by atoms with van der Waals surface area (Å²) in [5.74, 6) is 5.63. The fourth-order valence-electron chi connectivity index (χ4n) is 1.59. The molecule has 0 bridgehead atoms. The SMILES string of the molecule is Cc1ncsc1C(NN)c1ccsc1C. The van der Waals surface area contributed by atoms with Crippen LogP contribution in [0.25, 0.3) is 0 Å². The molecule has 0 fully saturated rings. The molecule has 0 amide bonds. The second-order valence-electron chi connectivity index (χ2n) is 3.33. The standard InChI is InChI=1S/C10H13N3S2/c1-6-10(15-5-12-6)9(13-11)8-3-4-14-7(8)2/h3-5,9,13H,11H2,1-2H3. The van der Waals surface area contributed by atoms with Gasteiger partial charge in [-0.25, -0.2) is 10.4 Å². The van der Waals surface area contributed by atoms with Gasteiger partial charge in [0.15, 0.2) is 0 Å². The molecule has 0 aliphatic carbocycles. The highest BCUT2D eigenvalue weighted by Gasteiger charge is 2.19. The van der Waals surface area contributed by atoms with Gasteiger partial charge in [-0.3, -0.25) is 5.84 Å². The fraction of sp³-hybridized carbons (Fsp3) is 0.300. The normalized spacial score (nSPS) is 13.0. The third-order valence-electron chi connectivity index (χ3n) is 2.42. The Morgan fingerprint density at radius 2 is 2.20 bits per heavy atom. The third-order valence-corrected chi connectivity index (χ3v) is 4.28. The predicted octanol–water partition coefficient (Wildman–Crippen LogP) is 2.37. The van der Waals surface area contributed by atoms with Crippen LogP contribution in [0.2, 0.25) is 0 Å². The van der Waals surface area contributed by atoms with Crippen LogP contribution in [0.1, 0.15) is 27.1 Å². The van der Waals surface area contributed by atoms with E-state index in [1.54, 1.807) is 22.7 Å². The number of aromatic nitrogens is 1. The van der Waals surface area contributed by atoms with Crippen molar-refractivity contribution >= 4 is 22.7 Å². The summed E-state index contributed by atoms with van der Waals surface area (Å²) in [6, 6.07) is 2.19. The fourth-order valence-corrected chi connectivity index (χ4v) is 3.21. The molecule has 1 unspecified atom stereocenters. The molecule has 2 rings (SSSR count). The quantitative estimate of drug-likeness (QED) is 0.638. The van der Waals surface area contributed by atoms with Crippen molar-refractivity contribution in [2.24, 2.45) is 5.84 Å². The Morgan fingerprint density at radius 1 is 1.40 bits per heavy atom. The number of hydrazine groups is 1. The van der Waals surface area contributed by atoms with E-state index in [0.717, 1.165) is 5.69 Å². The van der Waals surface area contributed by atoms with Crippen LogP contribution in [0, 0.1) is 13.8 Å². The molecule has 80 valence electrons. The van der Waals surface area contributed by atoms with Gasteiger partial charge in [-0.15, -0.1) is 22.7 Å². The van der Waals surface area contributed by atoms with Gasteiger partial charge in [0.2, 0.25) is 0 Å². The van der Waals surface area contributed by atoms with E-state index in [-0.39, 0.29) is 6.04 Å². The zero-order valence-corrected chi connectivity index (χ0v) is 10.3. The summed E-state index contributed by atoms with van der Waals surface area (Å²) in [4.78, 5) is 6.74. The van der Waals surface area contributed by atoms with E-state index in [1.807, 2.05) is 12.4 Å². The summed E-state index contributed by atoms with van der Waals surface area (Å²) in [6.45, 7) is 4.12. The first-order chi connectivity index (χ1) is 7.24. The summed E-state index contributed by atoms with van der Waals surface area (Å²) in [5, 5.41) is 2.09. The molecular formula is C10H13N3S2. The lowest BCUT2D eigenvalue weighted by atomic mass is 10.1. The Labute approximate surface area is 96.9 Å². The van der Waals surface area contributed by atoms with E-state index in [0.29, 0.717) is 0 Å². The molecule has 0 aromatic carbocycles. The van der Waals surface area contributed by atoms with Gasteiger partial charge in [0.1, 0.15) is 0 Å². The number of thiazole rings is 1. The molecule has 2 heterocycles. The zero-order chi connectivity index (χ0) is 10.8. The molecule has 0 saturated heterocycles. The van der Waals surface area contributed by atoms with Crippen LogP contribution < -0.4 is 11.3 Å². The first kappa shape index (κ1) is 10.8. The first-order valence-electron chi connectivity index (χ1n) is 4.64. The number of thiophene rings is 1. The Hall–Kier alpha value is -0.750. The predicted molar refractivity (Wildman–Crippen MR) is 65.1 cm³/mol. The van der Waals surface area contributed by atoms with Crippen LogP contribution in [0.4, 0.5) is 0 Å². The largest absolute Gasteiger partial charge is 0.271 e. The summed E-state index contributed by atoms with van der Waals surface area (Å²) in [6.07, 6.45) is 0. The van der Waals surface area contributed by atoms with Crippen LogP contribution in [-0.4, -0.2) is 4.98 Å². The van der Waals surface area contributed by atoms with Crippen molar-refractivity contribution in [3.05, 3.63) is 38.0 Å². The van der Waals surface area contributed by atoms with E-state index in [1.165, 1.54) is 15.3 Å². The van der Waals surface area contributed by atoms with Crippen molar-refractivity contribution in [1.29, 1.82) is 0 Å². The maximum atomic E-state index is 5.63. The molecular weight excluding hydrogens is 226 g/mol. The molecule has 15 heavy (non-hydrogen) atoms. The Balaban J connectivity index is 2.41. The molecule has 0 saturated carbocycles. The average molecular weight is 239 g/mol. The summed E-state index contributed by atoms with van der Waals surface area (Å²) >= 11 is 3.38. The number of nitrogens with one attached hydrogen (secondary N) is 1. The number of rotatable bonds is 3. The van der Waals surface area contributed by atoms with E-state index >= 15 is 0 Å². The minimum atomic E-state index is 0.0729. The van der Waals surface area contributed by atoms with Gasteiger partial charge >= 0.3 is 0 Å². The monoisotopic (exact) mass is 239 g/mol. The molecule has 0 aliphatic heterocycles. The molecule has 3 nitrogen and oxygen atoms in total. The van der Waals surface area contributed by atoms with Crippen molar-refractivity contribution in [2.75, 3.05) is 0 Å². The molecule has 0 aliphatic rings. The van der Waals surface area contributed by atoms with Gasteiger partial charge in [-0.2, -0.15) is 0 Å². The first-order valence-corrected chi connectivity index (χ1v) is 6.40. The summed E-state index contributed by atoms with van der Waals surface area (Å²) < 4.78 is 0. The smallest absolute Gasteiger partial charge is 0.0831 e. The number of hydrogen-bond donors (Lipinski definition) is 2. The third kappa shape index (κ3) is 1.96. The van der Waals surface area contributed by atoms with Crippen molar-refractivity contribution in [3.8, 4) is 0 Å². The Kier molecular flexibility index (Phi) is 3.16.